The zero-order chi connectivity index (χ0) is 16.8. The van der Waals surface area contributed by atoms with Crippen LogP contribution < -0.4 is 15.4 Å². The number of ether oxygens (including phenoxy) is 1. The number of hydrogen-bond donors (Lipinski definition) is 2. The van der Waals surface area contributed by atoms with Gasteiger partial charge in [-0.25, -0.2) is 0 Å². The lowest BCUT2D eigenvalue weighted by Crippen LogP contribution is -2.32. The van der Waals surface area contributed by atoms with Crippen molar-refractivity contribution in [3.63, 3.8) is 0 Å². The lowest BCUT2D eigenvalue weighted by molar-refractivity contribution is -0.116. The van der Waals surface area contributed by atoms with E-state index in [9.17, 15) is 4.79 Å². The number of aryl methyl sites for hydroxylation is 1. The maximum atomic E-state index is 12.3. The molecule has 0 saturated carbocycles. The number of carbonyl (C=O) groups is 1. The van der Waals surface area contributed by atoms with E-state index < -0.39 is 6.04 Å². The van der Waals surface area contributed by atoms with Crippen LogP contribution in [0.15, 0.2) is 42.5 Å². The minimum Gasteiger partial charge on any atom is -0.495 e. The summed E-state index contributed by atoms with van der Waals surface area (Å²) in [6, 6.07) is 14.2. The van der Waals surface area contributed by atoms with Crippen molar-refractivity contribution in [2.24, 2.45) is 0 Å². The fourth-order valence-electron chi connectivity index (χ4n) is 2.16. The van der Waals surface area contributed by atoms with Gasteiger partial charge in [0.25, 0.3) is 0 Å². The van der Waals surface area contributed by atoms with Crippen LogP contribution in [0.1, 0.15) is 18.1 Å². The molecule has 0 spiro atoms. The van der Waals surface area contributed by atoms with E-state index in [0.717, 1.165) is 11.3 Å². The van der Waals surface area contributed by atoms with E-state index in [0.29, 0.717) is 17.0 Å². The van der Waals surface area contributed by atoms with E-state index in [4.69, 9.17) is 10.00 Å². The number of benzene rings is 2. The lowest BCUT2D eigenvalue weighted by atomic mass is 10.1. The monoisotopic (exact) mass is 309 g/mol. The molecule has 0 aliphatic carbocycles. The first kappa shape index (κ1) is 16.4. The van der Waals surface area contributed by atoms with Gasteiger partial charge in [-0.15, -0.1) is 0 Å². The number of nitrogens with zero attached hydrogens (tertiary/aromatic N) is 1. The lowest BCUT2D eigenvalue weighted by Gasteiger charge is -2.18. The van der Waals surface area contributed by atoms with Crippen LogP contribution >= 0.6 is 0 Å². The molecule has 1 amide bonds. The molecule has 0 aliphatic heterocycles. The fraction of sp³-hybridized carbons (Fsp3) is 0.222. The number of amides is 1. The van der Waals surface area contributed by atoms with Gasteiger partial charge in [-0.2, -0.15) is 5.26 Å². The Balaban J connectivity index is 2.12. The Kier molecular flexibility index (Phi) is 5.21. The molecule has 2 aromatic carbocycles. The third kappa shape index (κ3) is 4.01. The first-order valence-electron chi connectivity index (χ1n) is 7.26. The second kappa shape index (κ2) is 7.32. The molecule has 2 aromatic rings. The Hall–Kier alpha value is -3.00. The van der Waals surface area contributed by atoms with Crippen LogP contribution in [0.3, 0.4) is 0 Å². The quantitative estimate of drug-likeness (QED) is 0.888. The second-order valence-electron chi connectivity index (χ2n) is 5.22. The topological polar surface area (TPSA) is 74.2 Å². The Morgan fingerprint density at radius 1 is 1.22 bits per heavy atom. The number of hydrogen-bond acceptors (Lipinski definition) is 4. The summed E-state index contributed by atoms with van der Waals surface area (Å²) in [6.07, 6.45) is 0. The molecule has 2 rings (SSSR count). The van der Waals surface area contributed by atoms with E-state index in [1.165, 1.54) is 0 Å². The minimum absolute atomic E-state index is 0.226. The van der Waals surface area contributed by atoms with Crippen molar-refractivity contribution in [3.05, 3.63) is 53.6 Å². The molecule has 1 atom stereocenters. The highest BCUT2D eigenvalue weighted by Gasteiger charge is 2.16. The molecule has 2 N–H and O–H groups in total. The molecule has 1 unspecified atom stereocenters. The molecule has 0 fully saturated rings. The van der Waals surface area contributed by atoms with Crippen molar-refractivity contribution in [3.8, 4) is 11.8 Å². The molecule has 0 aromatic heterocycles. The molecule has 0 saturated heterocycles. The number of carbonyl (C=O) groups excluding carboxylic acids is 1. The first-order chi connectivity index (χ1) is 11.0. The van der Waals surface area contributed by atoms with Gasteiger partial charge in [0.1, 0.15) is 17.9 Å². The van der Waals surface area contributed by atoms with Crippen molar-refractivity contribution in [1.29, 1.82) is 5.26 Å². The average molecular weight is 309 g/mol. The summed E-state index contributed by atoms with van der Waals surface area (Å²) in [4.78, 5) is 12.3. The largest absolute Gasteiger partial charge is 0.495 e. The number of methoxy groups -OCH3 is 1. The summed E-state index contributed by atoms with van der Waals surface area (Å²) < 4.78 is 5.30. The van der Waals surface area contributed by atoms with E-state index in [1.54, 1.807) is 38.3 Å². The molecular weight excluding hydrogens is 290 g/mol. The Bertz CT molecular complexity index is 750. The standard InChI is InChI=1S/C18H19N3O2/c1-12-8-9-17(23-3)16(10-12)20-13(2)18(22)21-15-7-5-4-6-14(15)11-19/h4-10,13,20H,1-3H3,(H,21,22). The minimum atomic E-state index is -0.488. The highest BCUT2D eigenvalue weighted by atomic mass is 16.5. The van der Waals surface area contributed by atoms with Gasteiger partial charge in [0, 0.05) is 0 Å². The van der Waals surface area contributed by atoms with Crippen molar-refractivity contribution >= 4 is 17.3 Å². The third-order valence-electron chi connectivity index (χ3n) is 3.43. The SMILES string of the molecule is COc1ccc(C)cc1NC(C)C(=O)Nc1ccccc1C#N. The zero-order valence-corrected chi connectivity index (χ0v) is 13.4. The molecule has 5 nitrogen and oxygen atoms in total. The maximum absolute atomic E-state index is 12.3. The van der Waals surface area contributed by atoms with Gasteiger partial charge >= 0.3 is 0 Å². The third-order valence-corrected chi connectivity index (χ3v) is 3.43. The average Bonchev–Trinajstić information content (AvgIpc) is 2.55. The molecule has 0 heterocycles. The van der Waals surface area contributed by atoms with Crippen LogP contribution in [0.5, 0.6) is 5.75 Å². The van der Waals surface area contributed by atoms with Gasteiger partial charge in [0.2, 0.25) is 5.91 Å². The van der Waals surface area contributed by atoms with Gasteiger partial charge in [-0.1, -0.05) is 18.2 Å². The van der Waals surface area contributed by atoms with Crippen LogP contribution in [-0.4, -0.2) is 19.1 Å². The van der Waals surface area contributed by atoms with Crippen molar-refractivity contribution in [2.45, 2.75) is 19.9 Å². The predicted molar refractivity (Wildman–Crippen MR) is 90.6 cm³/mol. The molecule has 118 valence electrons. The zero-order valence-electron chi connectivity index (χ0n) is 13.4. The van der Waals surface area contributed by atoms with Crippen molar-refractivity contribution in [1.82, 2.24) is 0 Å². The van der Waals surface area contributed by atoms with Crippen LogP contribution in [0.4, 0.5) is 11.4 Å². The van der Waals surface area contributed by atoms with E-state index in [1.807, 2.05) is 25.1 Å². The number of nitriles is 1. The number of para-hydroxylation sites is 1. The highest BCUT2D eigenvalue weighted by molar-refractivity contribution is 5.97. The van der Waals surface area contributed by atoms with Gasteiger partial charge in [-0.05, 0) is 43.7 Å². The van der Waals surface area contributed by atoms with Gasteiger partial charge < -0.3 is 15.4 Å². The molecule has 23 heavy (non-hydrogen) atoms. The van der Waals surface area contributed by atoms with Gasteiger partial charge in [0.05, 0.1) is 24.0 Å². The molecule has 5 heteroatoms. The highest BCUT2D eigenvalue weighted by Crippen LogP contribution is 2.26. The van der Waals surface area contributed by atoms with Gasteiger partial charge in [0.15, 0.2) is 0 Å². The summed E-state index contributed by atoms with van der Waals surface area (Å²) in [5, 5.41) is 15.0. The molecular formula is C18H19N3O2. The number of nitrogens with one attached hydrogen (secondary N) is 2. The Morgan fingerprint density at radius 3 is 2.65 bits per heavy atom. The summed E-state index contributed by atoms with van der Waals surface area (Å²) in [5.74, 6) is 0.448. The first-order valence-corrected chi connectivity index (χ1v) is 7.26. The smallest absolute Gasteiger partial charge is 0.246 e. The summed E-state index contributed by atoms with van der Waals surface area (Å²) in [6.45, 7) is 3.73. The Labute approximate surface area is 135 Å². The number of anilines is 2. The van der Waals surface area contributed by atoms with Crippen LogP contribution in [0, 0.1) is 18.3 Å². The van der Waals surface area contributed by atoms with Gasteiger partial charge in [-0.3, -0.25) is 4.79 Å². The van der Waals surface area contributed by atoms with E-state index in [2.05, 4.69) is 16.7 Å². The molecule has 0 bridgehead atoms. The summed E-state index contributed by atoms with van der Waals surface area (Å²) in [7, 11) is 1.59. The Morgan fingerprint density at radius 2 is 1.96 bits per heavy atom. The molecule has 0 radical (unpaired) electrons. The van der Waals surface area contributed by atoms with E-state index in [-0.39, 0.29) is 5.91 Å². The van der Waals surface area contributed by atoms with Crippen molar-refractivity contribution in [2.75, 3.05) is 17.7 Å². The number of rotatable bonds is 5. The molecule has 0 aliphatic rings. The van der Waals surface area contributed by atoms with Crippen LogP contribution in [0.2, 0.25) is 0 Å². The maximum Gasteiger partial charge on any atom is 0.246 e. The second-order valence-corrected chi connectivity index (χ2v) is 5.22. The fourth-order valence-corrected chi connectivity index (χ4v) is 2.16. The summed E-state index contributed by atoms with van der Waals surface area (Å²) in [5.41, 5.74) is 2.76. The summed E-state index contributed by atoms with van der Waals surface area (Å²) >= 11 is 0. The normalized spacial score (nSPS) is 11.2. The van der Waals surface area contributed by atoms with Crippen LogP contribution in [0.25, 0.3) is 0 Å². The van der Waals surface area contributed by atoms with Crippen molar-refractivity contribution < 1.29 is 9.53 Å². The predicted octanol–water partition coefficient (Wildman–Crippen LogP) is 3.31. The van der Waals surface area contributed by atoms with Crippen LogP contribution in [-0.2, 0) is 4.79 Å². The van der Waals surface area contributed by atoms with E-state index >= 15 is 0 Å².